The van der Waals surface area contributed by atoms with Gasteiger partial charge in [0.05, 0.1) is 11.3 Å². The molecule has 0 atom stereocenters. The van der Waals surface area contributed by atoms with Crippen LogP contribution in [0.5, 0.6) is 0 Å². The fourth-order valence-electron chi connectivity index (χ4n) is 1.28. The molecule has 0 spiro atoms. The van der Waals surface area contributed by atoms with Crippen LogP contribution in [-0.4, -0.2) is 34.6 Å². The number of carbonyl (C=O) groups is 1. The summed E-state index contributed by atoms with van der Waals surface area (Å²) in [5.41, 5.74) is 0.652. The first-order chi connectivity index (χ1) is 7.06. The van der Waals surface area contributed by atoms with Crippen molar-refractivity contribution >= 4 is 11.9 Å². The Kier molecular flexibility index (Phi) is 3.60. The second-order valence-electron chi connectivity index (χ2n) is 3.40. The van der Waals surface area contributed by atoms with E-state index in [1.807, 2.05) is 11.9 Å². The van der Waals surface area contributed by atoms with Crippen molar-refractivity contribution in [3.05, 3.63) is 17.5 Å². The molecule has 0 saturated heterocycles. The highest BCUT2D eigenvalue weighted by Crippen LogP contribution is 2.10. The van der Waals surface area contributed by atoms with Crippen LogP contribution in [0, 0.1) is 6.92 Å². The van der Waals surface area contributed by atoms with Gasteiger partial charge in [-0.15, -0.1) is 0 Å². The first kappa shape index (κ1) is 11.4. The third-order valence-corrected chi connectivity index (χ3v) is 2.10. The van der Waals surface area contributed by atoms with Gasteiger partial charge in [0.15, 0.2) is 0 Å². The minimum absolute atomic E-state index is 0.156. The zero-order valence-corrected chi connectivity index (χ0v) is 9.19. The predicted octanol–water partition coefficient (Wildman–Crippen LogP) is 1.33. The number of nitrogens with zero attached hydrogens (tertiary/aromatic N) is 3. The Morgan fingerprint density at radius 3 is 2.73 bits per heavy atom. The van der Waals surface area contributed by atoms with Crippen LogP contribution in [0.1, 0.15) is 29.4 Å². The highest BCUT2D eigenvalue weighted by atomic mass is 16.4. The number of anilines is 1. The Balaban J connectivity index is 2.96. The molecule has 15 heavy (non-hydrogen) atoms. The maximum atomic E-state index is 10.7. The summed E-state index contributed by atoms with van der Waals surface area (Å²) in [5.74, 6) is -0.420. The molecule has 1 aromatic rings. The molecule has 0 amide bonds. The van der Waals surface area contributed by atoms with Crippen LogP contribution in [0.15, 0.2) is 6.20 Å². The normalized spacial score (nSPS) is 10.1. The Morgan fingerprint density at radius 2 is 2.27 bits per heavy atom. The summed E-state index contributed by atoms with van der Waals surface area (Å²) in [4.78, 5) is 20.8. The smallest absolute Gasteiger partial charge is 0.339 e. The highest BCUT2D eigenvalue weighted by molar-refractivity contribution is 5.88. The fourth-order valence-corrected chi connectivity index (χ4v) is 1.28. The molecule has 0 fully saturated rings. The largest absolute Gasteiger partial charge is 0.478 e. The van der Waals surface area contributed by atoms with E-state index in [9.17, 15) is 4.79 Å². The summed E-state index contributed by atoms with van der Waals surface area (Å²) in [6.07, 6.45) is 2.35. The number of rotatable bonds is 4. The van der Waals surface area contributed by atoms with E-state index >= 15 is 0 Å². The summed E-state index contributed by atoms with van der Waals surface area (Å²) in [7, 11) is 1.89. The molecule has 1 heterocycles. The molecule has 1 N–H and O–H groups in total. The van der Waals surface area contributed by atoms with Gasteiger partial charge in [0.25, 0.3) is 0 Å². The molecule has 0 saturated carbocycles. The van der Waals surface area contributed by atoms with Crippen LogP contribution in [0.4, 0.5) is 5.95 Å². The average molecular weight is 209 g/mol. The molecule has 0 bridgehead atoms. The number of aryl methyl sites for hydroxylation is 1. The average Bonchev–Trinajstić information content (AvgIpc) is 2.17. The number of carboxylic acid groups (broad SMARTS) is 1. The number of hydrogen-bond acceptors (Lipinski definition) is 4. The molecule has 0 aromatic carbocycles. The number of carboxylic acids is 1. The van der Waals surface area contributed by atoms with Gasteiger partial charge >= 0.3 is 5.97 Å². The van der Waals surface area contributed by atoms with Gasteiger partial charge in [-0.25, -0.2) is 14.8 Å². The van der Waals surface area contributed by atoms with Crippen LogP contribution in [0.25, 0.3) is 0 Å². The van der Waals surface area contributed by atoms with Crippen molar-refractivity contribution in [3.8, 4) is 0 Å². The Labute approximate surface area is 88.8 Å². The highest BCUT2D eigenvalue weighted by Gasteiger charge is 2.11. The molecule has 82 valence electrons. The molecular weight excluding hydrogens is 194 g/mol. The molecule has 0 unspecified atom stereocenters. The van der Waals surface area contributed by atoms with Gasteiger partial charge < -0.3 is 10.0 Å². The summed E-state index contributed by atoms with van der Waals surface area (Å²) in [5, 5.41) is 8.80. The monoisotopic (exact) mass is 209 g/mol. The first-order valence-electron chi connectivity index (χ1n) is 4.84. The molecular formula is C10H15N3O2. The van der Waals surface area contributed by atoms with E-state index in [0.717, 1.165) is 13.0 Å². The molecule has 5 nitrogen and oxygen atoms in total. The van der Waals surface area contributed by atoms with Gasteiger partial charge in [0.2, 0.25) is 5.95 Å². The van der Waals surface area contributed by atoms with Gasteiger partial charge in [-0.05, 0) is 13.3 Å². The summed E-state index contributed by atoms with van der Waals surface area (Å²) in [6.45, 7) is 4.59. The van der Waals surface area contributed by atoms with Gasteiger partial charge in [0, 0.05) is 19.8 Å². The lowest BCUT2D eigenvalue weighted by molar-refractivity contribution is 0.0695. The maximum Gasteiger partial charge on any atom is 0.339 e. The minimum atomic E-state index is -0.989. The second kappa shape index (κ2) is 4.72. The maximum absolute atomic E-state index is 10.7. The van der Waals surface area contributed by atoms with Crippen LogP contribution in [0.2, 0.25) is 0 Å². The Bertz CT molecular complexity index is 366. The van der Waals surface area contributed by atoms with Crippen LogP contribution < -0.4 is 4.90 Å². The first-order valence-corrected chi connectivity index (χ1v) is 4.84. The quantitative estimate of drug-likeness (QED) is 0.810. The van der Waals surface area contributed by atoms with E-state index in [4.69, 9.17) is 5.11 Å². The van der Waals surface area contributed by atoms with Crippen LogP contribution >= 0.6 is 0 Å². The molecule has 0 aliphatic rings. The number of aromatic nitrogens is 2. The zero-order valence-electron chi connectivity index (χ0n) is 9.19. The SMILES string of the molecule is CCCN(C)c1ncc(C(=O)O)c(C)n1. The van der Waals surface area contributed by atoms with Gasteiger partial charge in [-0.1, -0.05) is 6.92 Å². The van der Waals surface area contributed by atoms with E-state index in [1.165, 1.54) is 6.20 Å². The summed E-state index contributed by atoms with van der Waals surface area (Å²) >= 11 is 0. The van der Waals surface area contributed by atoms with Crippen LogP contribution in [-0.2, 0) is 0 Å². The lowest BCUT2D eigenvalue weighted by Crippen LogP contribution is -2.21. The third-order valence-electron chi connectivity index (χ3n) is 2.10. The molecule has 0 aliphatic heterocycles. The molecule has 1 rings (SSSR count). The number of aromatic carboxylic acids is 1. The van der Waals surface area contributed by atoms with Gasteiger partial charge in [-0.3, -0.25) is 0 Å². The van der Waals surface area contributed by atoms with Gasteiger partial charge in [0.1, 0.15) is 0 Å². The molecule has 0 radical (unpaired) electrons. The minimum Gasteiger partial charge on any atom is -0.478 e. The summed E-state index contributed by atoms with van der Waals surface area (Å²) < 4.78 is 0. The van der Waals surface area contributed by atoms with Crippen molar-refractivity contribution in [1.82, 2.24) is 9.97 Å². The Hall–Kier alpha value is -1.65. The fraction of sp³-hybridized carbons (Fsp3) is 0.500. The van der Waals surface area contributed by atoms with Gasteiger partial charge in [-0.2, -0.15) is 0 Å². The molecule has 0 aliphatic carbocycles. The lowest BCUT2D eigenvalue weighted by Gasteiger charge is -2.16. The standard InChI is InChI=1S/C10H15N3O2/c1-4-5-13(3)10-11-6-8(9(14)15)7(2)12-10/h6H,4-5H2,1-3H3,(H,14,15). The zero-order chi connectivity index (χ0) is 11.4. The number of hydrogen-bond donors (Lipinski definition) is 1. The molecule has 5 heteroatoms. The van der Waals surface area contributed by atoms with Crippen molar-refractivity contribution in [2.75, 3.05) is 18.5 Å². The topological polar surface area (TPSA) is 66.3 Å². The van der Waals surface area contributed by atoms with E-state index in [1.54, 1.807) is 6.92 Å². The van der Waals surface area contributed by atoms with Crippen molar-refractivity contribution in [2.24, 2.45) is 0 Å². The predicted molar refractivity (Wildman–Crippen MR) is 57.3 cm³/mol. The van der Waals surface area contributed by atoms with E-state index < -0.39 is 5.97 Å². The van der Waals surface area contributed by atoms with Crippen molar-refractivity contribution < 1.29 is 9.90 Å². The van der Waals surface area contributed by atoms with Crippen molar-refractivity contribution in [3.63, 3.8) is 0 Å². The third kappa shape index (κ3) is 2.65. The second-order valence-corrected chi connectivity index (χ2v) is 3.40. The summed E-state index contributed by atoms with van der Waals surface area (Å²) in [6, 6.07) is 0. The van der Waals surface area contributed by atoms with E-state index in [0.29, 0.717) is 11.6 Å². The van der Waals surface area contributed by atoms with Crippen molar-refractivity contribution in [1.29, 1.82) is 0 Å². The van der Waals surface area contributed by atoms with E-state index in [-0.39, 0.29) is 5.56 Å². The van der Waals surface area contributed by atoms with Crippen LogP contribution in [0.3, 0.4) is 0 Å². The Morgan fingerprint density at radius 1 is 1.60 bits per heavy atom. The van der Waals surface area contributed by atoms with Crippen molar-refractivity contribution in [2.45, 2.75) is 20.3 Å². The molecule has 1 aromatic heterocycles. The van der Waals surface area contributed by atoms with E-state index in [2.05, 4.69) is 16.9 Å². The lowest BCUT2D eigenvalue weighted by atomic mass is 10.2.